The molecule has 1 atom stereocenters. The van der Waals surface area contributed by atoms with Crippen molar-refractivity contribution in [3.63, 3.8) is 0 Å². The highest BCUT2D eigenvalue weighted by molar-refractivity contribution is 6.04. The minimum Gasteiger partial charge on any atom is -0.481 e. The van der Waals surface area contributed by atoms with Gasteiger partial charge in [0.1, 0.15) is 18.1 Å². The van der Waals surface area contributed by atoms with Gasteiger partial charge in [0.05, 0.1) is 11.1 Å². The second-order valence-corrected chi connectivity index (χ2v) is 5.61. The summed E-state index contributed by atoms with van der Waals surface area (Å²) < 4.78 is 0. The third-order valence-electron chi connectivity index (χ3n) is 2.90. The molecular weight excluding hydrogens is 270 g/mol. The predicted molar refractivity (Wildman–Crippen MR) is 75.1 cm³/mol. The van der Waals surface area contributed by atoms with Gasteiger partial charge in [-0.1, -0.05) is 20.8 Å². The van der Waals surface area contributed by atoms with Crippen LogP contribution in [-0.2, 0) is 9.59 Å². The summed E-state index contributed by atoms with van der Waals surface area (Å²) in [5, 5.41) is 29.4. The van der Waals surface area contributed by atoms with Crippen LogP contribution in [0.25, 0.3) is 0 Å². The number of rotatable bonds is 3. The van der Waals surface area contributed by atoms with Crippen LogP contribution in [0.5, 0.6) is 0 Å². The van der Waals surface area contributed by atoms with Gasteiger partial charge in [-0.05, 0) is 23.6 Å². The Balaban J connectivity index is 3.06. The van der Waals surface area contributed by atoms with Crippen LogP contribution >= 0.6 is 0 Å². The molecule has 0 heterocycles. The van der Waals surface area contributed by atoms with Crippen molar-refractivity contribution in [2.45, 2.75) is 20.8 Å². The van der Waals surface area contributed by atoms with E-state index in [1.54, 1.807) is 20.8 Å². The molecule has 0 aliphatic carbocycles. The van der Waals surface area contributed by atoms with E-state index in [1.165, 1.54) is 18.2 Å². The number of nitrogens with zero attached hydrogens (tertiary/aromatic N) is 2. The monoisotopic (exact) mass is 285 g/mol. The molecule has 6 nitrogen and oxygen atoms in total. The zero-order valence-electron chi connectivity index (χ0n) is 12.0. The summed E-state index contributed by atoms with van der Waals surface area (Å²) in [6.45, 7) is 4.97. The van der Waals surface area contributed by atoms with E-state index in [9.17, 15) is 14.7 Å². The lowest BCUT2D eigenvalue weighted by molar-refractivity contribution is -0.149. The number of carboxylic acids is 1. The molecule has 6 heteroatoms. The molecule has 0 spiro atoms. The van der Waals surface area contributed by atoms with Gasteiger partial charge in [-0.3, -0.25) is 9.59 Å². The fourth-order valence-corrected chi connectivity index (χ4v) is 1.90. The van der Waals surface area contributed by atoms with Crippen molar-refractivity contribution in [1.29, 1.82) is 10.5 Å². The first-order chi connectivity index (χ1) is 9.70. The molecule has 0 aromatic heterocycles. The van der Waals surface area contributed by atoms with Crippen molar-refractivity contribution in [3.8, 4) is 12.1 Å². The molecule has 2 N–H and O–H groups in total. The van der Waals surface area contributed by atoms with Crippen LogP contribution in [0, 0.1) is 34.0 Å². The number of anilines is 1. The Kier molecular flexibility index (Phi) is 4.67. The van der Waals surface area contributed by atoms with Gasteiger partial charge < -0.3 is 10.4 Å². The summed E-state index contributed by atoms with van der Waals surface area (Å²) in [5.74, 6) is -3.10. The lowest BCUT2D eigenvalue weighted by Crippen LogP contribution is -2.39. The summed E-state index contributed by atoms with van der Waals surface area (Å²) in [6.07, 6.45) is 0. The average molecular weight is 285 g/mol. The number of hydrogen-bond donors (Lipinski definition) is 2. The van der Waals surface area contributed by atoms with Crippen molar-refractivity contribution in [2.75, 3.05) is 5.32 Å². The summed E-state index contributed by atoms with van der Waals surface area (Å²) in [5.41, 5.74) is -0.148. The Morgan fingerprint density at radius 2 is 1.76 bits per heavy atom. The topological polar surface area (TPSA) is 114 Å². The largest absolute Gasteiger partial charge is 0.481 e. The number of carbonyl (C=O) groups excluding carboxylic acids is 1. The molecule has 1 rings (SSSR count). The van der Waals surface area contributed by atoms with E-state index in [-0.39, 0.29) is 16.8 Å². The number of benzene rings is 1. The van der Waals surface area contributed by atoms with Gasteiger partial charge in [0, 0.05) is 5.69 Å². The quantitative estimate of drug-likeness (QED) is 0.825. The molecule has 0 fully saturated rings. The van der Waals surface area contributed by atoms with E-state index in [0.717, 1.165) is 0 Å². The Morgan fingerprint density at radius 1 is 1.19 bits per heavy atom. The van der Waals surface area contributed by atoms with Crippen LogP contribution in [0.4, 0.5) is 5.69 Å². The Hall–Kier alpha value is -2.86. The van der Waals surface area contributed by atoms with Crippen LogP contribution < -0.4 is 5.32 Å². The first-order valence-corrected chi connectivity index (χ1v) is 6.18. The van der Waals surface area contributed by atoms with E-state index in [4.69, 9.17) is 10.5 Å². The fourth-order valence-electron chi connectivity index (χ4n) is 1.90. The highest BCUT2D eigenvalue weighted by Gasteiger charge is 2.37. The van der Waals surface area contributed by atoms with Crippen molar-refractivity contribution >= 4 is 17.6 Å². The zero-order chi connectivity index (χ0) is 16.2. The Labute approximate surface area is 122 Å². The fraction of sp³-hybridized carbons (Fsp3) is 0.333. The smallest absolute Gasteiger partial charge is 0.316 e. The van der Waals surface area contributed by atoms with E-state index in [0.29, 0.717) is 0 Å². The second kappa shape index (κ2) is 6.06. The normalized spacial score (nSPS) is 11.9. The zero-order valence-corrected chi connectivity index (χ0v) is 12.0. The van der Waals surface area contributed by atoms with Crippen LogP contribution in [0.2, 0.25) is 0 Å². The number of aliphatic carboxylic acids is 1. The van der Waals surface area contributed by atoms with Gasteiger partial charge in [0.15, 0.2) is 0 Å². The second-order valence-electron chi connectivity index (χ2n) is 5.61. The standard InChI is InChI=1S/C15H15N3O3/c1-15(2,3)12(14(20)21)13(19)18-11-5-4-9(7-16)10(6-11)8-17/h4-6,12H,1-3H3,(H,18,19)(H,20,21). The van der Waals surface area contributed by atoms with Crippen molar-refractivity contribution in [1.82, 2.24) is 0 Å². The minimum atomic E-state index is -1.22. The molecule has 1 aromatic carbocycles. The van der Waals surface area contributed by atoms with E-state index in [2.05, 4.69) is 5.32 Å². The highest BCUT2D eigenvalue weighted by Crippen LogP contribution is 2.27. The molecule has 0 saturated carbocycles. The van der Waals surface area contributed by atoms with E-state index in [1.807, 2.05) is 12.1 Å². The van der Waals surface area contributed by atoms with Crippen molar-refractivity contribution < 1.29 is 14.7 Å². The van der Waals surface area contributed by atoms with Crippen LogP contribution in [0.15, 0.2) is 18.2 Å². The maximum absolute atomic E-state index is 12.1. The molecule has 0 saturated heterocycles. The Morgan fingerprint density at radius 3 is 2.19 bits per heavy atom. The van der Waals surface area contributed by atoms with Gasteiger partial charge >= 0.3 is 5.97 Å². The van der Waals surface area contributed by atoms with Crippen molar-refractivity contribution in [3.05, 3.63) is 29.3 Å². The van der Waals surface area contributed by atoms with Crippen LogP contribution in [-0.4, -0.2) is 17.0 Å². The van der Waals surface area contributed by atoms with Crippen molar-refractivity contribution in [2.24, 2.45) is 11.3 Å². The van der Waals surface area contributed by atoms with Crippen LogP contribution in [0.1, 0.15) is 31.9 Å². The summed E-state index contributed by atoms with van der Waals surface area (Å²) in [4.78, 5) is 23.4. The molecule has 1 aromatic rings. The number of nitrogens with one attached hydrogen (secondary N) is 1. The van der Waals surface area contributed by atoms with Gasteiger partial charge in [-0.25, -0.2) is 0 Å². The minimum absolute atomic E-state index is 0.123. The summed E-state index contributed by atoms with van der Waals surface area (Å²) in [7, 11) is 0. The maximum Gasteiger partial charge on any atom is 0.316 e. The first-order valence-electron chi connectivity index (χ1n) is 6.18. The predicted octanol–water partition coefficient (Wildman–Crippen LogP) is 2.12. The molecule has 21 heavy (non-hydrogen) atoms. The summed E-state index contributed by atoms with van der Waals surface area (Å²) in [6, 6.07) is 7.92. The van der Waals surface area contributed by atoms with Gasteiger partial charge in [-0.15, -0.1) is 0 Å². The first kappa shape index (κ1) is 16.2. The molecule has 0 bridgehead atoms. The number of carboxylic acid groups (broad SMARTS) is 1. The molecule has 0 aliphatic heterocycles. The lowest BCUT2D eigenvalue weighted by Gasteiger charge is -2.25. The Bertz CT molecular complexity index is 660. The van der Waals surface area contributed by atoms with E-state index < -0.39 is 23.2 Å². The molecular formula is C15H15N3O3. The molecule has 0 aliphatic rings. The number of hydrogen-bond acceptors (Lipinski definition) is 4. The summed E-state index contributed by atoms with van der Waals surface area (Å²) >= 11 is 0. The highest BCUT2D eigenvalue weighted by atomic mass is 16.4. The van der Waals surface area contributed by atoms with E-state index >= 15 is 0 Å². The van der Waals surface area contributed by atoms with Gasteiger partial charge in [0.2, 0.25) is 5.91 Å². The molecule has 1 unspecified atom stereocenters. The average Bonchev–Trinajstić information content (AvgIpc) is 2.36. The maximum atomic E-state index is 12.1. The number of amides is 1. The SMILES string of the molecule is CC(C)(C)C(C(=O)O)C(=O)Nc1ccc(C#N)c(C#N)c1. The number of carbonyl (C=O) groups is 2. The van der Waals surface area contributed by atoms with Gasteiger partial charge in [-0.2, -0.15) is 10.5 Å². The molecule has 108 valence electrons. The molecule has 0 radical (unpaired) electrons. The van der Waals surface area contributed by atoms with Crippen LogP contribution in [0.3, 0.4) is 0 Å². The lowest BCUT2D eigenvalue weighted by atomic mass is 9.80. The third kappa shape index (κ3) is 3.80. The van der Waals surface area contributed by atoms with Gasteiger partial charge in [0.25, 0.3) is 0 Å². The molecule has 1 amide bonds. The number of nitriles is 2. The third-order valence-corrected chi connectivity index (χ3v) is 2.90.